The van der Waals surface area contributed by atoms with Crippen molar-refractivity contribution >= 4 is 8.80 Å². The van der Waals surface area contributed by atoms with Crippen LogP contribution in [0.3, 0.4) is 0 Å². The molecule has 1 aromatic rings. The summed E-state index contributed by atoms with van der Waals surface area (Å²) in [6, 6.07) is 12.1. The van der Waals surface area contributed by atoms with Crippen molar-refractivity contribution in [3.8, 4) is 0 Å². The summed E-state index contributed by atoms with van der Waals surface area (Å²) in [7, 11) is -0.414. The minimum absolute atomic E-state index is 0.168. The zero-order valence-corrected chi connectivity index (χ0v) is 14.3. The zero-order valence-electron chi connectivity index (χ0n) is 13.2. The van der Waals surface area contributed by atoms with Gasteiger partial charge < -0.3 is 4.90 Å². The van der Waals surface area contributed by atoms with Crippen LogP contribution < -0.4 is 0 Å². The summed E-state index contributed by atoms with van der Waals surface area (Å²) in [4.78, 5) is 2.43. The van der Waals surface area contributed by atoms with Crippen LogP contribution in [0.4, 0.5) is 0 Å². The molecule has 1 nitrogen and oxygen atoms in total. The largest absolute Gasteiger partial charge is 0.369 e. The van der Waals surface area contributed by atoms with Gasteiger partial charge in [-0.05, 0) is 39.0 Å². The molecule has 0 fully saturated rings. The average Bonchev–Trinajstić information content (AvgIpc) is 2.32. The Hall–Kier alpha value is -1.02. The second kappa shape index (κ2) is 7.54. The number of nitrogens with zero attached hydrogens (tertiary/aromatic N) is 1. The zero-order chi connectivity index (χ0) is 14.3. The molecule has 0 spiro atoms. The first-order valence-electron chi connectivity index (χ1n) is 7.37. The summed E-state index contributed by atoms with van der Waals surface area (Å²) in [6.45, 7) is 12.6. The van der Waals surface area contributed by atoms with Crippen LogP contribution in [0.2, 0.25) is 19.1 Å². The minimum Gasteiger partial charge on any atom is -0.369 e. The summed E-state index contributed by atoms with van der Waals surface area (Å²) in [6.07, 6.45) is 5.87. The maximum Gasteiger partial charge on any atom is 0.0429 e. The molecule has 19 heavy (non-hydrogen) atoms. The predicted octanol–water partition coefficient (Wildman–Crippen LogP) is 4.68. The highest BCUT2D eigenvalue weighted by molar-refractivity contribution is 6.55. The van der Waals surface area contributed by atoms with Gasteiger partial charge in [-0.2, -0.15) is 0 Å². The van der Waals surface area contributed by atoms with Crippen molar-refractivity contribution in [3.63, 3.8) is 0 Å². The van der Waals surface area contributed by atoms with Gasteiger partial charge in [0.2, 0.25) is 0 Å². The quantitative estimate of drug-likeness (QED) is 0.682. The molecule has 0 aliphatic carbocycles. The van der Waals surface area contributed by atoms with Crippen LogP contribution in [0.15, 0.2) is 42.6 Å². The molecule has 2 heteroatoms. The molecule has 0 N–H and O–H groups in total. The molecule has 0 saturated heterocycles. The van der Waals surface area contributed by atoms with E-state index in [9.17, 15) is 0 Å². The van der Waals surface area contributed by atoms with Crippen LogP contribution >= 0.6 is 0 Å². The van der Waals surface area contributed by atoms with E-state index in [1.54, 1.807) is 0 Å². The summed E-state index contributed by atoms with van der Waals surface area (Å²) in [5, 5.41) is 0. The van der Waals surface area contributed by atoms with E-state index >= 15 is 0 Å². The lowest BCUT2D eigenvalue weighted by Gasteiger charge is -2.35. The highest BCUT2D eigenvalue weighted by atomic mass is 28.3. The summed E-state index contributed by atoms with van der Waals surface area (Å²) >= 11 is 0. The van der Waals surface area contributed by atoms with Crippen LogP contribution in [0, 0.1) is 0 Å². The highest BCUT2D eigenvalue weighted by Crippen LogP contribution is 2.18. The Morgan fingerprint density at radius 3 is 2.26 bits per heavy atom. The van der Waals surface area contributed by atoms with Crippen molar-refractivity contribution in [2.75, 3.05) is 0 Å². The highest BCUT2D eigenvalue weighted by Gasteiger charge is 2.17. The molecule has 0 heterocycles. The van der Waals surface area contributed by atoms with Crippen molar-refractivity contribution in [1.29, 1.82) is 0 Å². The maximum atomic E-state index is 2.43. The van der Waals surface area contributed by atoms with E-state index in [0.717, 1.165) is 6.54 Å². The van der Waals surface area contributed by atoms with Gasteiger partial charge in [-0.15, -0.1) is 0 Å². The molecule has 0 saturated carbocycles. The fourth-order valence-electron chi connectivity index (χ4n) is 1.92. The first-order valence-corrected chi connectivity index (χ1v) is 10.5. The van der Waals surface area contributed by atoms with Crippen LogP contribution in [-0.4, -0.2) is 19.2 Å². The molecule has 0 radical (unpaired) electrons. The first-order chi connectivity index (χ1) is 8.89. The van der Waals surface area contributed by atoms with Crippen LogP contribution in [-0.2, 0) is 6.54 Å². The van der Waals surface area contributed by atoms with Gasteiger partial charge in [-0.25, -0.2) is 0 Å². The maximum absolute atomic E-state index is 2.43. The monoisotopic (exact) mass is 275 g/mol. The molecule has 0 unspecified atom stereocenters. The third-order valence-electron chi connectivity index (χ3n) is 3.25. The summed E-state index contributed by atoms with van der Waals surface area (Å²) in [5.74, 6) is 0. The lowest BCUT2D eigenvalue weighted by atomic mass is 10.1. The predicted molar refractivity (Wildman–Crippen MR) is 89.2 cm³/mol. The Bertz CT molecular complexity index is 376. The fraction of sp³-hybridized carbons (Fsp3) is 0.529. The smallest absolute Gasteiger partial charge is 0.0429 e. The molecule has 1 aromatic carbocycles. The van der Waals surface area contributed by atoms with Crippen molar-refractivity contribution in [3.05, 3.63) is 48.2 Å². The van der Waals surface area contributed by atoms with E-state index in [-0.39, 0.29) is 5.54 Å². The van der Waals surface area contributed by atoms with E-state index in [0.29, 0.717) is 0 Å². The van der Waals surface area contributed by atoms with Crippen molar-refractivity contribution in [2.24, 2.45) is 0 Å². The second-order valence-corrected chi connectivity index (χ2v) is 10.0. The molecule has 106 valence electrons. The normalized spacial score (nSPS) is 12.3. The number of rotatable bonds is 6. The van der Waals surface area contributed by atoms with Crippen molar-refractivity contribution in [1.82, 2.24) is 4.90 Å². The molecule has 0 aliphatic rings. The summed E-state index contributed by atoms with van der Waals surface area (Å²) < 4.78 is 0. The molecule has 0 amide bonds. The van der Waals surface area contributed by atoms with Gasteiger partial charge in [0.15, 0.2) is 0 Å². The average molecular weight is 276 g/mol. The second-order valence-electron chi connectivity index (χ2n) is 6.64. The SMILES string of the molecule is C[SiH](C)CCC=CN(Cc1ccccc1)C(C)(C)C. The van der Waals surface area contributed by atoms with Crippen LogP contribution in [0.5, 0.6) is 0 Å². The Balaban J connectivity index is 2.63. The van der Waals surface area contributed by atoms with E-state index in [2.05, 4.69) is 81.4 Å². The fourth-order valence-corrected chi connectivity index (χ4v) is 2.78. The number of hydrogen-bond acceptors (Lipinski definition) is 1. The molecular formula is C17H29NSi. The van der Waals surface area contributed by atoms with E-state index in [4.69, 9.17) is 0 Å². The third-order valence-corrected chi connectivity index (χ3v) is 4.74. The molecule has 1 rings (SSSR count). The van der Waals surface area contributed by atoms with E-state index in [1.165, 1.54) is 18.0 Å². The Morgan fingerprint density at radius 1 is 1.11 bits per heavy atom. The third kappa shape index (κ3) is 6.62. The van der Waals surface area contributed by atoms with Gasteiger partial charge in [-0.1, -0.05) is 55.5 Å². The Morgan fingerprint density at radius 2 is 1.74 bits per heavy atom. The Labute approximate surface area is 120 Å². The minimum atomic E-state index is -0.414. The van der Waals surface area contributed by atoms with Gasteiger partial charge in [-0.3, -0.25) is 0 Å². The topological polar surface area (TPSA) is 3.24 Å². The molecular weight excluding hydrogens is 246 g/mol. The molecule has 0 aliphatic heterocycles. The van der Waals surface area contributed by atoms with Crippen molar-refractivity contribution < 1.29 is 0 Å². The number of hydrogen-bond donors (Lipinski definition) is 0. The summed E-state index contributed by atoms with van der Waals surface area (Å²) in [5.41, 5.74) is 1.54. The number of benzene rings is 1. The first kappa shape index (κ1) is 16.0. The van der Waals surface area contributed by atoms with Crippen LogP contribution in [0.1, 0.15) is 32.8 Å². The molecule has 0 aromatic heterocycles. The van der Waals surface area contributed by atoms with Gasteiger partial charge >= 0.3 is 0 Å². The lowest BCUT2D eigenvalue weighted by Crippen LogP contribution is -2.36. The number of allylic oxidation sites excluding steroid dienone is 1. The van der Waals surface area contributed by atoms with E-state index in [1.807, 2.05) is 0 Å². The van der Waals surface area contributed by atoms with Crippen molar-refractivity contribution in [2.45, 2.75) is 58.4 Å². The molecule has 0 atom stereocenters. The van der Waals surface area contributed by atoms with Crippen LogP contribution in [0.25, 0.3) is 0 Å². The van der Waals surface area contributed by atoms with Gasteiger partial charge in [0.05, 0.1) is 0 Å². The lowest BCUT2D eigenvalue weighted by molar-refractivity contribution is 0.197. The van der Waals surface area contributed by atoms with Gasteiger partial charge in [0, 0.05) is 20.9 Å². The molecule has 0 bridgehead atoms. The van der Waals surface area contributed by atoms with Gasteiger partial charge in [0.25, 0.3) is 0 Å². The standard InChI is InChI=1S/C17H29NSi/c1-17(2,3)18(13-9-10-14-19(4)5)15-16-11-7-6-8-12-16/h6-9,11-13,19H,10,14-15H2,1-5H3. The van der Waals surface area contributed by atoms with Gasteiger partial charge in [0.1, 0.15) is 0 Å². The van der Waals surface area contributed by atoms with E-state index < -0.39 is 8.80 Å². The Kier molecular flexibility index (Phi) is 6.36.